The highest BCUT2D eigenvalue weighted by atomic mass is 15.1. The van der Waals surface area contributed by atoms with Gasteiger partial charge in [0.2, 0.25) is 0 Å². The van der Waals surface area contributed by atoms with E-state index in [4.69, 9.17) is 0 Å². The summed E-state index contributed by atoms with van der Waals surface area (Å²) in [5.41, 5.74) is 1.12. The maximum atomic E-state index is 4.49. The van der Waals surface area contributed by atoms with Crippen molar-refractivity contribution >= 4 is 5.82 Å². The summed E-state index contributed by atoms with van der Waals surface area (Å²) in [5, 5.41) is 0. The first kappa shape index (κ1) is 13.9. The van der Waals surface area contributed by atoms with Crippen molar-refractivity contribution in [3.05, 3.63) is 18.1 Å². The molecular formula is C14H25N3. The second kappa shape index (κ2) is 7.25. The van der Waals surface area contributed by atoms with Gasteiger partial charge >= 0.3 is 0 Å². The van der Waals surface area contributed by atoms with Gasteiger partial charge in [0.25, 0.3) is 0 Å². The van der Waals surface area contributed by atoms with Gasteiger partial charge in [-0.05, 0) is 12.3 Å². The van der Waals surface area contributed by atoms with Crippen LogP contribution in [0.15, 0.2) is 12.4 Å². The quantitative estimate of drug-likeness (QED) is 0.676. The molecule has 1 aromatic heterocycles. The van der Waals surface area contributed by atoms with Crippen LogP contribution in [0.2, 0.25) is 0 Å². The van der Waals surface area contributed by atoms with Crippen LogP contribution in [-0.2, 0) is 0 Å². The molecule has 1 aromatic rings. The van der Waals surface area contributed by atoms with Crippen LogP contribution in [0, 0.1) is 0 Å². The third kappa shape index (κ3) is 4.72. The highest BCUT2D eigenvalue weighted by molar-refractivity contribution is 5.33. The largest absolute Gasteiger partial charge is 0.361 e. The monoisotopic (exact) mass is 235 g/mol. The van der Waals surface area contributed by atoms with Crippen LogP contribution in [0.4, 0.5) is 5.82 Å². The molecule has 0 fully saturated rings. The summed E-state index contributed by atoms with van der Waals surface area (Å²) < 4.78 is 0. The van der Waals surface area contributed by atoms with Gasteiger partial charge < -0.3 is 4.90 Å². The molecule has 0 saturated carbocycles. The molecule has 0 aromatic carbocycles. The summed E-state index contributed by atoms with van der Waals surface area (Å²) >= 11 is 0. The van der Waals surface area contributed by atoms with E-state index >= 15 is 0 Å². The summed E-state index contributed by atoms with van der Waals surface area (Å²) in [4.78, 5) is 10.9. The summed E-state index contributed by atoms with van der Waals surface area (Å²) in [6.07, 6.45) is 10.3. The molecule has 1 atom stereocenters. The van der Waals surface area contributed by atoms with Gasteiger partial charge in [0.1, 0.15) is 5.82 Å². The van der Waals surface area contributed by atoms with Crippen molar-refractivity contribution in [2.45, 2.75) is 51.9 Å². The molecular weight excluding hydrogens is 210 g/mol. The van der Waals surface area contributed by atoms with E-state index in [1.165, 1.54) is 32.1 Å². The Kier molecular flexibility index (Phi) is 5.95. The number of nitrogens with zero attached hydrogens (tertiary/aromatic N) is 3. The van der Waals surface area contributed by atoms with Crippen molar-refractivity contribution < 1.29 is 0 Å². The van der Waals surface area contributed by atoms with Crippen molar-refractivity contribution in [2.24, 2.45) is 0 Å². The van der Waals surface area contributed by atoms with Crippen molar-refractivity contribution in [1.29, 1.82) is 0 Å². The van der Waals surface area contributed by atoms with E-state index in [2.05, 4.69) is 23.8 Å². The lowest BCUT2D eigenvalue weighted by Gasteiger charge is -2.13. The van der Waals surface area contributed by atoms with Crippen molar-refractivity contribution in [1.82, 2.24) is 9.97 Å². The number of unbranched alkanes of at least 4 members (excludes halogenated alkanes) is 3. The van der Waals surface area contributed by atoms with E-state index in [1.807, 2.05) is 31.4 Å². The molecule has 1 heterocycles. The molecule has 96 valence electrons. The minimum absolute atomic E-state index is 0.524. The third-order valence-corrected chi connectivity index (χ3v) is 3.11. The van der Waals surface area contributed by atoms with Crippen molar-refractivity contribution in [3.8, 4) is 0 Å². The Labute approximate surface area is 105 Å². The van der Waals surface area contributed by atoms with Gasteiger partial charge in [0, 0.05) is 14.1 Å². The van der Waals surface area contributed by atoms with Crippen LogP contribution < -0.4 is 4.90 Å². The summed E-state index contributed by atoms with van der Waals surface area (Å²) in [7, 11) is 3.97. The predicted octanol–water partition coefficient (Wildman–Crippen LogP) is 3.62. The van der Waals surface area contributed by atoms with Crippen LogP contribution >= 0.6 is 0 Å². The van der Waals surface area contributed by atoms with Gasteiger partial charge in [-0.15, -0.1) is 0 Å². The van der Waals surface area contributed by atoms with Crippen molar-refractivity contribution in [2.75, 3.05) is 19.0 Å². The lowest BCUT2D eigenvalue weighted by molar-refractivity contribution is 0.570. The molecule has 0 aliphatic carbocycles. The maximum Gasteiger partial charge on any atom is 0.146 e. The van der Waals surface area contributed by atoms with Gasteiger partial charge in [0.15, 0.2) is 0 Å². The number of hydrogen-bond acceptors (Lipinski definition) is 3. The van der Waals surface area contributed by atoms with Crippen LogP contribution in [0.3, 0.4) is 0 Å². The standard InChI is InChI=1S/C14H25N3/c1-5-6-7-8-9-12(2)13-10-16-14(11-15-13)17(3)4/h10-12H,5-9H2,1-4H3. The van der Waals surface area contributed by atoms with E-state index in [0.29, 0.717) is 5.92 Å². The average molecular weight is 235 g/mol. The van der Waals surface area contributed by atoms with E-state index in [1.54, 1.807) is 0 Å². The van der Waals surface area contributed by atoms with Crippen LogP contribution in [0.5, 0.6) is 0 Å². The average Bonchev–Trinajstić information content (AvgIpc) is 2.34. The molecule has 0 radical (unpaired) electrons. The third-order valence-electron chi connectivity index (χ3n) is 3.11. The lowest BCUT2D eigenvalue weighted by Crippen LogP contribution is -2.11. The molecule has 1 unspecified atom stereocenters. The maximum absolute atomic E-state index is 4.49. The molecule has 0 N–H and O–H groups in total. The van der Waals surface area contributed by atoms with E-state index in [0.717, 1.165) is 11.5 Å². The number of anilines is 1. The minimum atomic E-state index is 0.524. The normalized spacial score (nSPS) is 12.5. The van der Waals surface area contributed by atoms with E-state index in [9.17, 15) is 0 Å². The Hall–Kier alpha value is -1.12. The minimum Gasteiger partial charge on any atom is -0.361 e. The zero-order valence-electron chi connectivity index (χ0n) is 11.6. The number of aromatic nitrogens is 2. The first-order valence-corrected chi connectivity index (χ1v) is 6.64. The molecule has 0 saturated heterocycles. The molecule has 0 bridgehead atoms. The molecule has 3 heteroatoms. The second-order valence-electron chi connectivity index (χ2n) is 4.94. The van der Waals surface area contributed by atoms with Gasteiger partial charge in [-0.25, -0.2) is 4.98 Å². The van der Waals surface area contributed by atoms with Gasteiger partial charge in [-0.3, -0.25) is 4.98 Å². The van der Waals surface area contributed by atoms with E-state index in [-0.39, 0.29) is 0 Å². The molecule has 1 rings (SSSR count). The Morgan fingerprint density at radius 1 is 1.12 bits per heavy atom. The molecule has 0 aliphatic rings. The number of rotatable bonds is 7. The Bertz CT molecular complexity index is 306. The second-order valence-corrected chi connectivity index (χ2v) is 4.94. The number of hydrogen-bond donors (Lipinski definition) is 0. The lowest BCUT2D eigenvalue weighted by atomic mass is 10.00. The van der Waals surface area contributed by atoms with Crippen LogP contribution in [0.25, 0.3) is 0 Å². The molecule has 0 spiro atoms. The summed E-state index contributed by atoms with van der Waals surface area (Å²) in [6, 6.07) is 0. The topological polar surface area (TPSA) is 29.0 Å². The fraction of sp³-hybridized carbons (Fsp3) is 0.714. The summed E-state index contributed by atoms with van der Waals surface area (Å²) in [5.74, 6) is 1.45. The zero-order chi connectivity index (χ0) is 12.7. The Morgan fingerprint density at radius 3 is 2.41 bits per heavy atom. The first-order chi connectivity index (χ1) is 8.15. The van der Waals surface area contributed by atoms with Crippen LogP contribution in [0.1, 0.15) is 57.6 Å². The fourth-order valence-corrected chi connectivity index (χ4v) is 1.84. The highest BCUT2D eigenvalue weighted by Gasteiger charge is 2.07. The molecule has 3 nitrogen and oxygen atoms in total. The SMILES string of the molecule is CCCCCCC(C)c1cnc(N(C)C)cn1. The molecule has 17 heavy (non-hydrogen) atoms. The highest BCUT2D eigenvalue weighted by Crippen LogP contribution is 2.20. The van der Waals surface area contributed by atoms with Gasteiger partial charge in [-0.1, -0.05) is 39.5 Å². The fourth-order valence-electron chi connectivity index (χ4n) is 1.84. The van der Waals surface area contributed by atoms with Crippen molar-refractivity contribution in [3.63, 3.8) is 0 Å². The summed E-state index contributed by atoms with van der Waals surface area (Å²) in [6.45, 7) is 4.49. The Balaban J connectivity index is 2.43. The first-order valence-electron chi connectivity index (χ1n) is 6.64. The smallest absolute Gasteiger partial charge is 0.146 e. The Morgan fingerprint density at radius 2 is 1.88 bits per heavy atom. The molecule has 0 aliphatic heterocycles. The molecule has 0 amide bonds. The van der Waals surface area contributed by atoms with Gasteiger partial charge in [0.05, 0.1) is 18.1 Å². The van der Waals surface area contributed by atoms with Crippen LogP contribution in [-0.4, -0.2) is 24.1 Å². The predicted molar refractivity (Wildman–Crippen MR) is 73.5 cm³/mol. The van der Waals surface area contributed by atoms with E-state index < -0.39 is 0 Å². The van der Waals surface area contributed by atoms with Gasteiger partial charge in [-0.2, -0.15) is 0 Å². The zero-order valence-corrected chi connectivity index (χ0v) is 11.6.